The van der Waals surface area contributed by atoms with Crippen LogP contribution in [0.4, 0.5) is 0 Å². The molecule has 1 fully saturated rings. The van der Waals surface area contributed by atoms with Crippen LogP contribution in [0.2, 0.25) is 0 Å². The quantitative estimate of drug-likeness (QED) is 0.615. The standard InChI is InChI=1S/C8H16N2O2/c1-6(9)4-10-3-2-7(5-10)8(11)12/h6-7H,2-5,9H2,1H3,(H,11,12). The average molecular weight is 172 g/mol. The molecule has 0 aromatic carbocycles. The van der Waals surface area contributed by atoms with Crippen molar-refractivity contribution in [3.63, 3.8) is 0 Å². The van der Waals surface area contributed by atoms with E-state index in [1.165, 1.54) is 0 Å². The Kier molecular flexibility index (Phi) is 3.05. The molecule has 1 heterocycles. The number of nitrogens with zero attached hydrogens (tertiary/aromatic N) is 1. The SMILES string of the molecule is CC(N)CN1CCC(C(=O)O)C1. The van der Waals surface area contributed by atoms with E-state index in [2.05, 4.69) is 4.90 Å². The minimum absolute atomic E-state index is 0.137. The Morgan fingerprint density at radius 3 is 2.92 bits per heavy atom. The first kappa shape index (κ1) is 9.48. The largest absolute Gasteiger partial charge is 0.481 e. The van der Waals surface area contributed by atoms with E-state index in [0.717, 1.165) is 19.5 Å². The summed E-state index contributed by atoms with van der Waals surface area (Å²) < 4.78 is 0. The summed E-state index contributed by atoms with van der Waals surface area (Å²) in [4.78, 5) is 12.7. The Morgan fingerprint density at radius 1 is 1.83 bits per heavy atom. The van der Waals surface area contributed by atoms with Gasteiger partial charge in [0, 0.05) is 19.1 Å². The van der Waals surface area contributed by atoms with Crippen LogP contribution in [0.15, 0.2) is 0 Å². The van der Waals surface area contributed by atoms with Gasteiger partial charge in [-0.25, -0.2) is 0 Å². The highest BCUT2D eigenvalue weighted by atomic mass is 16.4. The highest BCUT2D eigenvalue weighted by Crippen LogP contribution is 2.15. The number of carboxylic acids is 1. The smallest absolute Gasteiger partial charge is 0.307 e. The lowest BCUT2D eigenvalue weighted by atomic mass is 10.1. The van der Waals surface area contributed by atoms with Crippen LogP contribution < -0.4 is 5.73 Å². The number of carboxylic acid groups (broad SMARTS) is 1. The van der Waals surface area contributed by atoms with Crippen molar-refractivity contribution < 1.29 is 9.90 Å². The van der Waals surface area contributed by atoms with Crippen molar-refractivity contribution in [2.75, 3.05) is 19.6 Å². The van der Waals surface area contributed by atoms with Crippen LogP contribution in [0.25, 0.3) is 0 Å². The van der Waals surface area contributed by atoms with Gasteiger partial charge >= 0.3 is 5.97 Å². The number of aliphatic carboxylic acids is 1. The summed E-state index contributed by atoms with van der Waals surface area (Å²) in [6.07, 6.45) is 0.766. The number of nitrogens with two attached hydrogens (primary N) is 1. The van der Waals surface area contributed by atoms with Gasteiger partial charge in [0.05, 0.1) is 5.92 Å². The zero-order chi connectivity index (χ0) is 9.14. The Bertz CT molecular complexity index is 170. The maximum atomic E-state index is 10.6. The summed E-state index contributed by atoms with van der Waals surface area (Å²) in [6.45, 7) is 4.28. The van der Waals surface area contributed by atoms with Gasteiger partial charge in [0.2, 0.25) is 0 Å². The van der Waals surface area contributed by atoms with Gasteiger partial charge in [-0.1, -0.05) is 0 Å². The topological polar surface area (TPSA) is 66.6 Å². The van der Waals surface area contributed by atoms with E-state index in [0.29, 0.717) is 6.54 Å². The Morgan fingerprint density at radius 2 is 2.50 bits per heavy atom. The van der Waals surface area contributed by atoms with Crippen LogP contribution in [0.1, 0.15) is 13.3 Å². The molecule has 0 saturated carbocycles. The van der Waals surface area contributed by atoms with Gasteiger partial charge in [0.15, 0.2) is 0 Å². The van der Waals surface area contributed by atoms with Gasteiger partial charge in [-0.05, 0) is 19.9 Å². The van der Waals surface area contributed by atoms with E-state index in [1.54, 1.807) is 0 Å². The summed E-state index contributed by atoms with van der Waals surface area (Å²) in [5.41, 5.74) is 5.60. The molecule has 12 heavy (non-hydrogen) atoms. The third-order valence-electron chi connectivity index (χ3n) is 2.17. The molecule has 1 aliphatic rings. The molecule has 0 radical (unpaired) electrons. The molecule has 0 amide bonds. The first-order chi connectivity index (χ1) is 5.59. The highest BCUT2D eigenvalue weighted by molar-refractivity contribution is 5.70. The molecule has 1 rings (SSSR count). The predicted octanol–water partition coefficient (Wildman–Crippen LogP) is -0.260. The number of likely N-dealkylation sites (tertiary alicyclic amines) is 1. The number of carbonyl (C=O) groups is 1. The molecule has 4 heteroatoms. The summed E-state index contributed by atoms with van der Waals surface area (Å²) in [5.74, 6) is -0.856. The Labute approximate surface area is 72.3 Å². The molecule has 1 aliphatic heterocycles. The van der Waals surface area contributed by atoms with Gasteiger partial charge in [-0.15, -0.1) is 0 Å². The monoisotopic (exact) mass is 172 g/mol. The Balaban J connectivity index is 2.30. The molecule has 2 atom stereocenters. The lowest BCUT2D eigenvalue weighted by Gasteiger charge is -2.17. The molecule has 0 aliphatic carbocycles. The molecule has 4 nitrogen and oxygen atoms in total. The summed E-state index contributed by atoms with van der Waals surface area (Å²) in [7, 11) is 0. The number of hydrogen-bond acceptors (Lipinski definition) is 3. The van der Waals surface area contributed by atoms with Gasteiger partial charge in [0.1, 0.15) is 0 Å². The molecule has 0 aromatic heterocycles. The van der Waals surface area contributed by atoms with Crippen molar-refractivity contribution in [3.8, 4) is 0 Å². The molecule has 2 unspecified atom stereocenters. The maximum absolute atomic E-state index is 10.6. The fraction of sp³-hybridized carbons (Fsp3) is 0.875. The summed E-state index contributed by atoms with van der Waals surface area (Å²) >= 11 is 0. The molecule has 3 N–H and O–H groups in total. The van der Waals surface area contributed by atoms with Crippen LogP contribution in [0.3, 0.4) is 0 Å². The molecule has 1 saturated heterocycles. The van der Waals surface area contributed by atoms with E-state index in [4.69, 9.17) is 10.8 Å². The zero-order valence-corrected chi connectivity index (χ0v) is 7.36. The number of hydrogen-bond donors (Lipinski definition) is 2. The molecule has 70 valence electrons. The van der Waals surface area contributed by atoms with E-state index in [9.17, 15) is 4.79 Å². The first-order valence-corrected chi connectivity index (χ1v) is 4.30. The van der Waals surface area contributed by atoms with Crippen molar-refractivity contribution >= 4 is 5.97 Å². The van der Waals surface area contributed by atoms with Crippen molar-refractivity contribution in [1.82, 2.24) is 4.90 Å². The number of rotatable bonds is 3. The van der Waals surface area contributed by atoms with Crippen molar-refractivity contribution in [2.45, 2.75) is 19.4 Å². The van der Waals surface area contributed by atoms with Gasteiger partial charge in [-0.3, -0.25) is 4.79 Å². The van der Waals surface area contributed by atoms with Gasteiger partial charge in [0.25, 0.3) is 0 Å². The molecular formula is C8H16N2O2. The molecule has 0 bridgehead atoms. The third-order valence-corrected chi connectivity index (χ3v) is 2.17. The summed E-state index contributed by atoms with van der Waals surface area (Å²) in [5, 5.41) is 8.71. The van der Waals surface area contributed by atoms with Crippen LogP contribution in [0, 0.1) is 5.92 Å². The van der Waals surface area contributed by atoms with Gasteiger partial charge < -0.3 is 15.7 Å². The van der Waals surface area contributed by atoms with Crippen LogP contribution in [-0.2, 0) is 4.79 Å². The summed E-state index contributed by atoms with van der Waals surface area (Å²) in [6, 6.07) is 0.137. The van der Waals surface area contributed by atoms with Crippen LogP contribution >= 0.6 is 0 Å². The second-order valence-electron chi connectivity index (χ2n) is 3.56. The van der Waals surface area contributed by atoms with Crippen LogP contribution in [-0.4, -0.2) is 41.7 Å². The first-order valence-electron chi connectivity index (χ1n) is 4.30. The van der Waals surface area contributed by atoms with E-state index < -0.39 is 5.97 Å². The minimum Gasteiger partial charge on any atom is -0.481 e. The molecule has 0 aromatic rings. The van der Waals surface area contributed by atoms with Gasteiger partial charge in [-0.2, -0.15) is 0 Å². The predicted molar refractivity (Wildman–Crippen MR) is 45.8 cm³/mol. The Hall–Kier alpha value is -0.610. The lowest BCUT2D eigenvalue weighted by Crippen LogP contribution is -2.34. The average Bonchev–Trinajstić information content (AvgIpc) is 2.34. The van der Waals surface area contributed by atoms with Crippen molar-refractivity contribution in [3.05, 3.63) is 0 Å². The van der Waals surface area contributed by atoms with Crippen molar-refractivity contribution in [1.29, 1.82) is 0 Å². The lowest BCUT2D eigenvalue weighted by molar-refractivity contribution is -0.141. The fourth-order valence-corrected chi connectivity index (χ4v) is 1.61. The van der Waals surface area contributed by atoms with E-state index >= 15 is 0 Å². The maximum Gasteiger partial charge on any atom is 0.307 e. The van der Waals surface area contributed by atoms with Crippen LogP contribution in [0.5, 0.6) is 0 Å². The minimum atomic E-state index is -0.679. The molecular weight excluding hydrogens is 156 g/mol. The zero-order valence-electron chi connectivity index (χ0n) is 7.36. The second-order valence-corrected chi connectivity index (χ2v) is 3.56. The third kappa shape index (κ3) is 2.46. The molecule has 0 spiro atoms. The fourth-order valence-electron chi connectivity index (χ4n) is 1.61. The van der Waals surface area contributed by atoms with E-state index in [-0.39, 0.29) is 12.0 Å². The van der Waals surface area contributed by atoms with E-state index in [1.807, 2.05) is 6.92 Å². The highest BCUT2D eigenvalue weighted by Gasteiger charge is 2.27. The van der Waals surface area contributed by atoms with Crippen molar-refractivity contribution in [2.24, 2.45) is 11.7 Å². The second kappa shape index (κ2) is 3.87. The normalized spacial score (nSPS) is 27.3.